The van der Waals surface area contributed by atoms with E-state index >= 15 is 0 Å². The van der Waals surface area contributed by atoms with Crippen molar-refractivity contribution in [1.82, 2.24) is 34.7 Å². The van der Waals surface area contributed by atoms with Gasteiger partial charge in [0.05, 0.1) is 12.2 Å². The number of nitrogens with zero attached hydrogens (tertiary/aromatic N) is 6. The normalized spacial score (nSPS) is 11.6. The number of imidazole rings is 1. The molecule has 0 fully saturated rings. The lowest BCUT2D eigenvalue weighted by Crippen LogP contribution is -2.26. The number of hydrogen-bond donors (Lipinski definition) is 1. The fourth-order valence-corrected chi connectivity index (χ4v) is 5.27. The molecule has 3 aromatic heterocycles. The van der Waals surface area contributed by atoms with Gasteiger partial charge in [-0.3, -0.25) is 14.1 Å². The molecule has 1 N–H and O–H groups in total. The summed E-state index contributed by atoms with van der Waals surface area (Å²) < 4.78 is 3.84. The molecule has 0 unspecified atom stereocenters. The summed E-state index contributed by atoms with van der Waals surface area (Å²) in [4.78, 5) is 18.4. The minimum absolute atomic E-state index is 0.0110. The first-order valence-electron chi connectivity index (χ1n) is 14.1. The second-order valence-corrected chi connectivity index (χ2v) is 10.9. The number of aryl methyl sites for hydroxylation is 1. The van der Waals surface area contributed by atoms with Crippen LogP contribution in [-0.2, 0) is 13.0 Å². The predicted molar refractivity (Wildman–Crippen MR) is 159 cm³/mol. The van der Waals surface area contributed by atoms with E-state index in [4.69, 9.17) is 0 Å². The van der Waals surface area contributed by atoms with E-state index in [1.165, 1.54) is 11.1 Å². The van der Waals surface area contributed by atoms with Gasteiger partial charge in [0.25, 0.3) is 0 Å². The molecule has 0 aliphatic rings. The zero-order valence-electron chi connectivity index (χ0n) is 23.9. The molecular formula is C32H37N7O. The Kier molecular flexibility index (Phi) is 8.05. The number of tetrazole rings is 1. The lowest BCUT2D eigenvalue weighted by Gasteiger charge is -2.19. The smallest absolute Gasteiger partial charge is 0.292 e. The second kappa shape index (κ2) is 11.8. The molecule has 206 valence electrons. The van der Waals surface area contributed by atoms with Gasteiger partial charge in [0.1, 0.15) is 0 Å². The van der Waals surface area contributed by atoms with Crippen LogP contribution >= 0.6 is 0 Å². The molecule has 0 saturated heterocycles. The SMILES string of the molecule is CCCCc1cn(-c2c(C(C)C)cccc2C(C)C)c(=O)n1Cc1ccc(-c2cnccc2-c2nn[nH]n2)cc1. The van der Waals surface area contributed by atoms with Crippen LogP contribution in [-0.4, -0.2) is 34.7 Å². The Balaban J connectivity index is 1.53. The maximum atomic E-state index is 14.1. The standard InChI is InChI=1S/C32H37N7O/c1-6-7-9-25-20-39(30-26(21(2)3)10-8-11-27(30)22(4)5)32(40)38(25)19-23-12-14-24(15-13-23)29-18-33-17-16-28(29)31-34-36-37-35-31/h8,10-18,20-22H,6-7,9,19H2,1-5H3,(H,34,35,36,37). The van der Waals surface area contributed by atoms with Crippen molar-refractivity contribution in [2.75, 3.05) is 0 Å². The first-order valence-corrected chi connectivity index (χ1v) is 14.1. The van der Waals surface area contributed by atoms with E-state index in [0.29, 0.717) is 24.2 Å². The van der Waals surface area contributed by atoms with Gasteiger partial charge in [-0.2, -0.15) is 5.21 Å². The van der Waals surface area contributed by atoms with E-state index in [0.717, 1.165) is 52.9 Å². The molecular weight excluding hydrogens is 498 g/mol. The van der Waals surface area contributed by atoms with Gasteiger partial charge in [-0.15, -0.1) is 10.2 Å². The van der Waals surface area contributed by atoms with Crippen LogP contribution in [0.5, 0.6) is 0 Å². The highest BCUT2D eigenvalue weighted by atomic mass is 16.1. The van der Waals surface area contributed by atoms with Crippen molar-refractivity contribution < 1.29 is 0 Å². The average Bonchev–Trinajstić information content (AvgIpc) is 3.61. The van der Waals surface area contributed by atoms with E-state index in [2.05, 4.69) is 109 Å². The number of H-pyrrole nitrogens is 1. The summed E-state index contributed by atoms with van der Waals surface area (Å²) in [6, 6.07) is 16.6. The summed E-state index contributed by atoms with van der Waals surface area (Å²) in [6.07, 6.45) is 8.58. The topological polar surface area (TPSA) is 94.3 Å². The molecule has 0 amide bonds. The highest BCUT2D eigenvalue weighted by Crippen LogP contribution is 2.31. The second-order valence-electron chi connectivity index (χ2n) is 10.9. The van der Waals surface area contributed by atoms with Gasteiger partial charge in [-0.05, 0) is 58.2 Å². The van der Waals surface area contributed by atoms with Gasteiger partial charge in [-0.1, -0.05) is 83.5 Å². The number of unbranched alkanes of at least 4 members (excludes halogenated alkanes) is 1. The fourth-order valence-electron chi connectivity index (χ4n) is 5.27. The van der Waals surface area contributed by atoms with Gasteiger partial charge in [0.2, 0.25) is 5.82 Å². The van der Waals surface area contributed by atoms with E-state index < -0.39 is 0 Å². The number of pyridine rings is 1. The van der Waals surface area contributed by atoms with Crippen LogP contribution in [0.4, 0.5) is 0 Å². The highest BCUT2D eigenvalue weighted by Gasteiger charge is 2.20. The van der Waals surface area contributed by atoms with E-state index in [9.17, 15) is 4.79 Å². The van der Waals surface area contributed by atoms with Crippen LogP contribution in [0.3, 0.4) is 0 Å². The Labute approximate surface area is 235 Å². The molecule has 0 aliphatic heterocycles. The number of nitrogens with one attached hydrogen (secondary N) is 1. The molecule has 0 radical (unpaired) electrons. The number of para-hydroxylation sites is 1. The van der Waals surface area contributed by atoms with Crippen molar-refractivity contribution in [2.45, 2.75) is 72.3 Å². The van der Waals surface area contributed by atoms with Crippen LogP contribution < -0.4 is 5.69 Å². The van der Waals surface area contributed by atoms with Crippen LogP contribution in [0.25, 0.3) is 28.2 Å². The number of benzene rings is 2. The van der Waals surface area contributed by atoms with Gasteiger partial charge >= 0.3 is 5.69 Å². The van der Waals surface area contributed by atoms with Crippen LogP contribution in [0.1, 0.15) is 81.7 Å². The third-order valence-corrected chi connectivity index (χ3v) is 7.44. The molecule has 40 heavy (non-hydrogen) atoms. The Morgan fingerprint density at radius 1 is 0.925 bits per heavy atom. The zero-order chi connectivity index (χ0) is 28.2. The highest BCUT2D eigenvalue weighted by molar-refractivity contribution is 5.79. The molecule has 2 aromatic carbocycles. The number of aromatic nitrogens is 7. The molecule has 5 rings (SSSR count). The van der Waals surface area contributed by atoms with E-state index in [1.54, 1.807) is 6.20 Å². The minimum atomic E-state index is 0.0110. The molecule has 5 aromatic rings. The van der Waals surface area contributed by atoms with Crippen LogP contribution in [0.2, 0.25) is 0 Å². The molecule has 8 nitrogen and oxygen atoms in total. The molecule has 8 heteroatoms. The predicted octanol–water partition coefficient (Wildman–Crippen LogP) is 6.52. The van der Waals surface area contributed by atoms with Crippen molar-refractivity contribution in [3.63, 3.8) is 0 Å². The molecule has 0 bridgehead atoms. The van der Waals surface area contributed by atoms with Crippen molar-refractivity contribution in [1.29, 1.82) is 0 Å². The lowest BCUT2D eigenvalue weighted by molar-refractivity contribution is 0.672. The number of hydrogen-bond acceptors (Lipinski definition) is 5. The number of aromatic amines is 1. The Bertz CT molecular complexity index is 1600. The Hall–Kier alpha value is -4.33. The van der Waals surface area contributed by atoms with Crippen LogP contribution in [0.15, 0.2) is 71.9 Å². The summed E-state index contributed by atoms with van der Waals surface area (Å²) >= 11 is 0. The van der Waals surface area contributed by atoms with Crippen molar-refractivity contribution >= 4 is 0 Å². The summed E-state index contributed by atoms with van der Waals surface area (Å²) in [5, 5.41) is 14.5. The van der Waals surface area contributed by atoms with Crippen molar-refractivity contribution in [3.8, 4) is 28.2 Å². The summed E-state index contributed by atoms with van der Waals surface area (Å²) in [5.74, 6) is 1.14. The van der Waals surface area contributed by atoms with Crippen molar-refractivity contribution in [3.05, 3.63) is 100.0 Å². The summed E-state index contributed by atoms with van der Waals surface area (Å²) in [6.45, 7) is 11.5. The van der Waals surface area contributed by atoms with Gasteiger partial charge in [0, 0.05) is 35.4 Å². The lowest BCUT2D eigenvalue weighted by atomic mass is 9.92. The zero-order valence-corrected chi connectivity index (χ0v) is 23.9. The first kappa shape index (κ1) is 27.2. The van der Waals surface area contributed by atoms with Gasteiger partial charge < -0.3 is 0 Å². The fraction of sp³-hybridized carbons (Fsp3) is 0.344. The summed E-state index contributed by atoms with van der Waals surface area (Å²) in [7, 11) is 0. The quantitative estimate of drug-likeness (QED) is 0.220. The third-order valence-electron chi connectivity index (χ3n) is 7.44. The maximum Gasteiger partial charge on any atom is 0.333 e. The van der Waals surface area contributed by atoms with Gasteiger partial charge in [0.15, 0.2) is 0 Å². The monoisotopic (exact) mass is 535 g/mol. The minimum Gasteiger partial charge on any atom is -0.292 e. The largest absolute Gasteiger partial charge is 0.333 e. The third kappa shape index (κ3) is 5.39. The van der Waals surface area contributed by atoms with E-state index in [1.807, 2.05) is 21.4 Å². The maximum absolute atomic E-state index is 14.1. The Morgan fingerprint density at radius 3 is 2.27 bits per heavy atom. The molecule has 0 atom stereocenters. The van der Waals surface area contributed by atoms with Crippen LogP contribution in [0, 0.1) is 0 Å². The van der Waals surface area contributed by atoms with E-state index in [-0.39, 0.29) is 5.69 Å². The molecule has 0 aliphatic carbocycles. The first-order chi connectivity index (χ1) is 19.4. The molecule has 0 spiro atoms. The van der Waals surface area contributed by atoms with Crippen molar-refractivity contribution in [2.24, 2.45) is 0 Å². The summed E-state index contributed by atoms with van der Waals surface area (Å²) in [5.41, 5.74) is 8.36. The Morgan fingerprint density at radius 2 is 1.65 bits per heavy atom. The van der Waals surface area contributed by atoms with Gasteiger partial charge in [-0.25, -0.2) is 4.79 Å². The number of rotatable bonds is 10. The molecule has 3 heterocycles. The average molecular weight is 536 g/mol. The molecule has 0 saturated carbocycles.